The number of aliphatic hydroxyl groups is 4. The van der Waals surface area contributed by atoms with Gasteiger partial charge in [0.05, 0.1) is 0 Å². The third-order valence-corrected chi connectivity index (χ3v) is 13.4. The molecule has 0 saturated carbocycles. The Morgan fingerprint density at radius 2 is 0.600 bits per heavy atom. The maximum absolute atomic E-state index is 13.6. The molecule has 0 radical (unpaired) electrons. The van der Waals surface area contributed by atoms with E-state index in [1.807, 2.05) is 24.3 Å². The van der Waals surface area contributed by atoms with E-state index in [2.05, 4.69) is 56.8 Å². The van der Waals surface area contributed by atoms with Gasteiger partial charge in [0.15, 0.2) is 0 Å². The number of Topliss-reactive ketones (excluding diaryl/α,β-unsaturated/α-hetero) is 4. The smallest absolute Gasteiger partial charge is 0.412 e. The standard InChI is InChI=1S/2C14H9F5O3.2C12H8F2O.2C6H15N.2H2O/c2*15-12(16,13(21,22)14(17,18)19)11(20)10-6-5-8-3-1-2-4-9(8)7-10;2*13-12(14)11(15)10-6-5-8-3-1-2-4-9(8)7-10;2*1-4-7(5-2)6-3;;/h2*1-7,21-22H;2*1-7,12H;2*4-6H2,1-3H3;2*1H2/i;;12D;;;;;/hD2. The fraction of sp³-hybridized carbons (Fsp3) is 0.312. The minimum Gasteiger partial charge on any atom is -0.412 e. The summed E-state index contributed by atoms with van der Waals surface area (Å²) in [7, 11) is 0. The van der Waals surface area contributed by atoms with Gasteiger partial charge in [0.1, 0.15) is 1.37 Å². The van der Waals surface area contributed by atoms with E-state index in [0.717, 1.165) is 40.4 Å². The van der Waals surface area contributed by atoms with Gasteiger partial charge in [-0.3, -0.25) is 19.2 Å². The average Bonchev–Trinajstić information content (AvgIpc) is 0.767. The minimum absolute atomic E-state index is 0. The summed E-state index contributed by atoms with van der Waals surface area (Å²) in [6.45, 7) is 20.2. The van der Waals surface area contributed by atoms with Crippen LogP contribution in [0.3, 0.4) is 0 Å². The predicted molar refractivity (Wildman–Crippen MR) is 316 cm³/mol. The van der Waals surface area contributed by atoms with Crippen molar-refractivity contribution in [3.63, 3.8) is 0 Å². The number of hydrogen-bond acceptors (Lipinski definition) is 10. The molecule has 0 atom stereocenters. The van der Waals surface area contributed by atoms with Crippen LogP contribution in [0.15, 0.2) is 170 Å². The molecule has 8 aromatic carbocycles. The number of rotatable bonds is 16. The molecule has 26 heteroatoms. The van der Waals surface area contributed by atoms with Crippen LogP contribution in [0.4, 0.5) is 61.5 Å². The zero-order chi connectivity index (χ0) is 70.2. The normalized spacial score (nSPS) is 12.3. The van der Waals surface area contributed by atoms with Gasteiger partial charge in [0.2, 0.25) is 26.0 Å². The molecular formula is C64H68F14N2O10. The van der Waals surface area contributed by atoms with Crippen LogP contribution in [0.25, 0.3) is 43.1 Å². The first-order valence-corrected chi connectivity index (χ1v) is 26.9. The van der Waals surface area contributed by atoms with Crippen LogP contribution in [-0.4, -0.2) is 155 Å². The second kappa shape index (κ2) is 35.0. The van der Waals surface area contributed by atoms with Gasteiger partial charge < -0.3 is 41.2 Å². The maximum Gasteiger partial charge on any atom is 0.450 e. The quantitative estimate of drug-likeness (QED) is 0.0407. The Kier molecular flexibility index (Phi) is 29.0. The van der Waals surface area contributed by atoms with Crippen LogP contribution in [0.5, 0.6) is 0 Å². The number of fused-ring (bicyclic) bond motifs is 4. The lowest BCUT2D eigenvalue weighted by Gasteiger charge is -2.31. The van der Waals surface area contributed by atoms with Crippen molar-refractivity contribution in [1.82, 2.24) is 9.80 Å². The molecule has 0 aliphatic heterocycles. The molecule has 0 unspecified atom stereocenters. The van der Waals surface area contributed by atoms with Crippen molar-refractivity contribution in [3.05, 3.63) is 192 Å². The molecule has 8 N–H and O–H groups in total. The molecule has 0 amide bonds. The molecule has 0 aliphatic rings. The zero-order valence-corrected chi connectivity index (χ0v) is 49.0. The molecule has 8 aromatic rings. The molecule has 90 heavy (non-hydrogen) atoms. The number of halogens is 14. The Bertz CT molecular complexity index is 3510. The molecule has 0 heterocycles. The van der Waals surface area contributed by atoms with E-state index in [9.17, 15) is 80.6 Å². The number of benzene rings is 8. The molecule has 12 nitrogen and oxygen atoms in total. The Balaban J connectivity index is 0.000000575. The lowest BCUT2D eigenvalue weighted by atomic mass is 9.96. The maximum atomic E-state index is 13.6. The van der Waals surface area contributed by atoms with E-state index in [1.54, 1.807) is 72.8 Å². The van der Waals surface area contributed by atoms with Gasteiger partial charge in [0.25, 0.3) is 0 Å². The zero-order valence-electron chi connectivity index (χ0n) is 52.0. The fourth-order valence-corrected chi connectivity index (χ4v) is 7.95. The Morgan fingerprint density at radius 3 is 0.800 bits per heavy atom. The first-order chi connectivity index (χ1) is 42.7. The van der Waals surface area contributed by atoms with Gasteiger partial charge in [-0.25, -0.2) is 17.6 Å². The molecule has 0 saturated heterocycles. The van der Waals surface area contributed by atoms with E-state index >= 15 is 0 Å². The van der Waals surface area contributed by atoms with Crippen molar-refractivity contribution in [2.24, 2.45) is 0 Å². The highest BCUT2D eigenvalue weighted by Gasteiger charge is 2.73. The van der Waals surface area contributed by atoms with Crippen molar-refractivity contribution >= 4 is 66.2 Å². The van der Waals surface area contributed by atoms with Crippen LogP contribution >= 0.6 is 0 Å². The third-order valence-electron chi connectivity index (χ3n) is 13.4. The van der Waals surface area contributed by atoms with Crippen LogP contribution < -0.4 is 0 Å². The summed E-state index contributed by atoms with van der Waals surface area (Å²) in [5, 5.41) is 39.9. The highest BCUT2D eigenvalue weighted by Crippen LogP contribution is 2.43. The highest BCUT2D eigenvalue weighted by atomic mass is 19.4. The summed E-state index contributed by atoms with van der Waals surface area (Å²) in [6, 6.07) is 42.1. The number of nitrogens with zero attached hydrogens (tertiary/aromatic N) is 2. The lowest BCUT2D eigenvalue weighted by Crippen LogP contribution is -2.62. The highest BCUT2D eigenvalue weighted by molar-refractivity contribution is 6.06. The number of ketones is 4. The average molecular weight is 1290 g/mol. The second-order valence-corrected chi connectivity index (χ2v) is 18.9. The molecular weight excluding hydrogens is 1220 g/mol. The minimum atomic E-state index is -6.09. The van der Waals surface area contributed by atoms with Crippen LogP contribution in [0, 0.1) is 0 Å². The van der Waals surface area contributed by atoms with Gasteiger partial charge in [-0.1, -0.05) is 187 Å². The van der Waals surface area contributed by atoms with E-state index < -0.39 is 82.9 Å². The summed E-state index contributed by atoms with van der Waals surface area (Å²) in [4.78, 5) is 50.2. The van der Waals surface area contributed by atoms with Gasteiger partial charge in [-0.15, -0.1) is 0 Å². The topological polar surface area (TPSA) is 219 Å². The first kappa shape index (κ1) is 74.6. The summed E-state index contributed by atoms with van der Waals surface area (Å²) in [6.07, 6.45) is -19.2. The summed E-state index contributed by atoms with van der Waals surface area (Å²) < 4.78 is 195. The predicted octanol–water partition coefficient (Wildman–Crippen LogP) is 13.4. The Morgan fingerprint density at radius 1 is 0.389 bits per heavy atom. The molecule has 0 aromatic heterocycles. The summed E-state index contributed by atoms with van der Waals surface area (Å²) in [5.74, 6) is -29.1. The number of carbonyl (C=O) groups excluding carboxylic acids is 4. The lowest BCUT2D eigenvalue weighted by molar-refractivity contribution is -0.402. The number of hydrogen-bond donors (Lipinski definition) is 4. The largest absolute Gasteiger partial charge is 0.450 e. The van der Waals surface area contributed by atoms with Gasteiger partial charge >= 0.3 is 48.6 Å². The Hall–Kier alpha value is -7.82. The van der Waals surface area contributed by atoms with E-state index in [4.69, 9.17) is 24.7 Å². The summed E-state index contributed by atoms with van der Waals surface area (Å²) >= 11 is 0. The van der Waals surface area contributed by atoms with Crippen molar-refractivity contribution < 1.29 is 113 Å². The van der Waals surface area contributed by atoms with Crippen molar-refractivity contribution in [2.45, 2.75) is 90.1 Å². The van der Waals surface area contributed by atoms with E-state index in [1.165, 1.54) is 87.8 Å². The van der Waals surface area contributed by atoms with Crippen LogP contribution in [0.1, 0.15) is 84.3 Å². The fourth-order valence-electron chi connectivity index (χ4n) is 7.95. The SMILES string of the molecule is CCN(CC)CC.CCN(CC)CC.O.O=C(c1ccc2ccccc2c1)C(F)(F)C(O)(O)C(F)(F)F.O=C(c1ccc2ccccc2c1)C(F)(F)C(O)(O)C(F)(F)F.O=C(c1ccc2ccccc2c1)C(F)F.[2H]C(F)(F)C(=O)c1ccc2ccccc2c1.[2H]O[2H]. The van der Waals surface area contributed by atoms with Crippen molar-refractivity contribution in [2.75, 3.05) is 39.3 Å². The molecule has 0 fully saturated rings. The number of alkyl halides is 14. The van der Waals surface area contributed by atoms with Crippen LogP contribution in [-0.2, 0) is 0 Å². The molecule has 8 rings (SSSR count). The van der Waals surface area contributed by atoms with E-state index in [0.29, 0.717) is 26.9 Å². The van der Waals surface area contributed by atoms with Gasteiger partial charge in [-0.2, -0.15) is 43.9 Å². The monoisotopic (exact) mass is 1290 g/mol. The van der Waals surface area contributed by atoms with Gasteiger partial charge in [-0.05, 0) is 107 Å². The second-order valence-electron chi connectivity index (χ2n) is 18.9. The van der Waals surface area contributed by atoms with Crippen LogP contribution in [0.2, 0.25) is 0 Å². The number of carbonyl (C=O) groups is 4. The third kappa shape index (κ3) is 20.6. The molecule has 0 spiro atoms. The van der Waals surface area contributed by atoms with E-state index in [-0.39, 0.29) is 16.6 Å². The molecule has 492 valence electrons. The molecule has 0 bridgehead atoms. The van der Waals surface area contributed by atoms with Gasteiger partial charge in [0, 0.05) is 22.3 Å². The van der Waals surface area contributed by atoms with Crippen molar-refractivity contribution in [3.8, 4) is 0 Å². The first-order valence-electron chi connectivity index (χ1n) is 28.2. The summed E-state index contributed by atoms with van der Waals surface area (Å²) in [5.41, 5.74) is 1.14. The van der Waals surface area contributed by atoms with Crippen molar-refractivity contribution in [1.29, 1.82) is 2.86 Å². The Labute approximate surface area is 512 Å². The molecule has 0 aliphatic carbocycles.